The van der Waals surface area contributed by atoms with Crippen molar-refractivity contribution in [3.8, 4) is 11.5 Å². The Morgan fingerprint density at radius 2 is 1.74 bits per heavy atom. The van der Waals surface area contributed by atoms with E-state index < -0.39 is 0 Å². The van der Waals surface area contributed by atoms with Gasteiger partial charge in [0, 0.05) is 5.56 Å². The van der Waals surface area contributed by atoms with E-state index in [1.807, 2.05) is 56.3 Å². The first-order valence-corrected chi connectivity index (χ1v) is 10.1. The molecule has 0 spiro atoms. The van der Waals surface area contributed by atoms with Crippen LogP contribution in [0.4, 0.5) is 0 Å². The Balaban J connectivity index is 1.27. The third-order valence-corrected chi connectivity index (χ3v) is 5.04. The summed E-state index contributed by atoms with van der Waals surface area (Å²) in [7, 11) is 0. The molecule has 1 heterocycles. The lowest BCUT2D eigenvalue weighted by atomic mass is 10.1. The highest BCUT2D eigenvalue weighted by molar-refractivity contribution is 5.94. The quantitative estimate of drug-likeness (QED) is 0.417. The fourth-order valence-corrected chi connectivity index (χ4v) is 3.28. The monoisotopic (exact) mass is 416 g/mol. The van der Waals surface area contributed by atoms with E-state index in [0.717, 1.165) is 28.2 Å². The van der Waals surface area contributed by atoms with Crippen molar-refractivity contribution >= 4 is 16.7 Å². The van der Waals surface area contributed by atoms with Gasteiger partial charge in [-0.05, 0) is 55.0 Å². The molecule has 0 fully saturated rings. The van der Waals surface area contributed by atoms with E-state index in [9.17, 15) is 4.79 Å². The molecule has 0 unspecified atom stereocenters. The summed E-state index contributed by atoms with van der Waals surface area (Å²) in [4.78, 5) is 12.5. The number of aromatic nitrogens is 1. The van der Waals surface area contributed by atoms with Crippen LogP contribution in [-0.4, -0.2) is 24.2 Å². The molecule has 0 aliphatic carbocycles. The maximum absolute atomic E-state index is 12.5. The minimum atomic E-state index is -0.176. The zero-order valence-electron chi connectivity index (χ0n) is 17.6. The van der Waals surface area contributed by atoms with Gasteiger partial charge in [-0.1, -0.05) is 41.6 Å². The molecule has 6 heteroatoms. The van der Waals surface area contributed by atoms with Gasteiger partial charge in [0.2, 0.25) is 0 Å². The predicted octanol–water partition coefficient (Wildman–Crippen LogP) is 4.83. The van der Waals surface area contributed by atoms with Gasteiger partial charge >= 0.3 is 0 Å². The third-order valence-electron chi connectivity index (χ3n) is 5.04. The molecule has 0 bridgehead atoms. The number of amides is 1. The molecule has 0 atom stereocenters. The number of aryl methyl sites for hydroxylation is 2. The number of nitrogens with zero attached hydrogens (tertiary/aromatic N) is 1. The Morgan fingerprint density at radius 1 is 0.935 bits per heavy atom. The second kappa shape index (κ2) is 9.34. The molecule has 3 aromatic carbocycles. The van der Waals surface area contributed by atoms with E-state index in [-0.39, 0.29) is 5.91 Å². The molecule has 1 aromatic heterocycles. The molecule has 4 aromatic rings. The Morgan fingerprint density at radius 3 is 2.55 bits per heavy atom. The number of carbonyl (C=O) groups excluding carboxylic acids is 1. The summed E-state index contributed by atoms with van der Waals surface area (Å²) in [6, 6.07) is 21.2. The molecule has 0 radical (unpaired) electrons. The molecular formula is C25H24N2O4. The molecule has 0 saturated carbocycles. The number of ether oxygens (including phenoxy) is 2. The summed E-state index contributed by atoms with van der Waals surface area (Å²) in [5, 5.41) is 9.09. The van der Waals surface area contributed by atoms with Crippen molar-refractivity contribution in [1.29, 1.82) is 0 Å². The van der Waals surface area contributed by atoms with Gasteiger partial charge in [0.1, 0.15) is 30.5 Å². The SMILES string of the molecule is Cc1noc(C)c1COc1cccc(C(=O)NCCOc2ccc3ccccc3c2)c1. The highest BCUT2D eigenvalue weighted by atomic mass is 16.5. The van der Waals surface area contributed by atoms with Crippen molar-refractivity contribution in [2.75, 3.05) is 13.2 Å². The molecule has 4 rings (SSSR count). The molecular weight excluding hydrogens is 392 g/mol. The molecule has 0 aliphatic rings. The van der Waals surface area contributed by atoms with Gasteiger partial charge in [-0.3, -0.25) is 4.79 Å². The summed E-state index contributed by atoms with van der Waals surface area (Å²) < 4.78 is 16.7. The Kier molecular flexibility index (Phi) is 6.17. The van der Waals surface area contributed by atoms with Crippen LogP contribution < -0.4 is 14.8 Å². The van der Waals surface area contributed by atoms with E-state index in [1.54, 1.807) is 18.2 Å². The lowest BCUT2D eigenvalue weighted by Crippen LogP contribution is -2.28. The Bertz CT molecular complexity index is 1180. The van der Waals surface area contributed by atoms with E-state index in [4.69, 9.17) is 14.0 Å². The van der Waals surface area contributed by atoms with Crippen molar-refractivity contribution in [3.05, 3.63) is 89.3 Å². The fraction of sp³-hybridized carbons (Fsp3) is 0.200. The number of rotatable bonds is 8. The molecule has 1 amide bonds. The number of hydrogen-bond acceptors (Lipinski definition) is 5. The second-order valence-corrected chi connectivity index (χ2v) is 7.23. The van der Waals surface area contributed by atoms with Gasteiger partial charge < -0.3 is 19.3 Å². The second-order valence-electron chi connectivity index (χ2n) is 7.23. The van der Waals surface area contributed by atoms with E-state index in [1.165, 1.54) is 5.39 Å². The maximum Gasteiger partial charge on any atom is 0.251 e. The van der Waals surface area contributed by atoms with Gasteiger partial charge in [-0.2, -0.15) is 0 Å². The van der Waals surface area contributed by atoms with Crippen LogP contribution >= 0.6 is 0 Å². The van der Waals surface area contributed by atoms with E-state index in [2.05, 4.69) is 16.5 Å². The number of fused-ring (bicyclic) bond motifs is 1. The standard InChI is InChI=1S/C25H24N2O4/c1-17-24(18(2)31-27-17)16-30-22-9-5-8-21(15-22)25(28)26-12-13-29-23-11-10-19-6-3-4-7-20(19)14-23/h3-11,14-15H,12-13,16H2,1-2H3,(H,26,28). The molecule has 158 valence electrons. The zero-order valence-corrected chi connectivity index (χ0v) is 17.6. The Labute approximate surface area is 180 Å². The van der Waals surface area contributed by atoms with Crippen LogP contribution in [0.5, 0.6) is 11.5 Å². The van der Waals surface area contributed by atoms with Crippen LogP contribution in [-0.2, 0) is 6.61 Å². The van der Waals surface area contributed by atoms with Crippen LogP contribution in [0.3, 0.4) is 0 Å². The average molecular weight is 416 g/mol. The number of carbonyl (C=O) groups is 1. The molecule has 6 nitrogen and oxygen atoms in total. The molecule has 1 N–H and O–H groups in total. The van der Waals surface area contributed by atoms with E-state index >= 15 is 0 Å². The largest absolute Gasteiger partial charge is 0.492 e. The third kappa shape index (κ3) is 5.04. The first-order valence-electron chi connectivity index (χ1n) is 10.1. The molecule has 0 aliphatic heterocycles. The first-order chi connectivity index (χ1) is 15.1. The maximum atomic E-state index is 12.5. The summed E-state index contributed by atoms with van der Waals surface area (Å²) in [5.74, 6) is 1.95. The highest BCUT2D eigenvalue weighted by Crippen LogP contribution is 2.21. The fourth-order valence-electron chi connectivity index (χ4n) is 3.28. The minimum Gasteiger partial charge on any atom is -0.492 e. The zero-order chi connectivity index (χ0) is 21.6. The molecule has 31 heavy (non-hydrogen) atoms. The van der Waals surface area contributed by atoms with Gasteiger partial charge in [-0.25, -0.2) is 0 Å². The summed E-state index contributed by atoms with van der Waals surface area (Å²) in [6.45, 7) is 4.84. The van der Waals surface area contributed by atoms with Crippen LogP contribution in [0.2, 0.25) is 0 Å². The van der Waals surface area contributed by atoms with Gasteiger partial charge in [0.15, 0.2) is 0 Å². The summed E-state index contributed by atoms with van der Waals surface area (Å²) in [5.41, 5.74) is 2.25. The summed E-state index contributed by atoms with van der Waals surface area (Å²) in [6.07, 6.45) is 0. The van der Waals surface area contributed by atoms with Crippen molar-refractivity contribution in [2.24, 2.45) is 0 Å². The van der Waals surface area contributed by atoms with Gasteiger partial charge in [-0.15, -0.1) is 0 Å². The minimum absolute atomic E-state index is 0.176. The van der Waals surface area contributed by atoms with E-state index in [0.29, 0.717) is 31.1 Å². The number of benzene rings is 3. The van der Waals surface area contributed by atoms with Crippen molar-refractivity contribution in [2.45, 2.75) is 20.5 Å². The summed E-state index contributed by atoms with van der Waals surface area (Å²) >= 11 is 0. The highest BCUT2D eigenvalue weighted by Gasteiger charge is 2.11. The Hall–Kier alpha value is -3.80. The topological polar surface area (TPSA) is 73.6 Å². The smallest absolute Gasteiger partial charge is 0.251 e. The van der Waals surface area contributed by atoms with Crippen molar-refractivity contribution < 1.29 is 18.8 Å². The lowest BCUT2D eigenvalue weighted by Gasteiger charge is -2.10. The first kappa shape index (κ1) is 20.5. The van der Waals surface area contributed by atoms with Crippen LogP contribution in [0.15, 0.2) is 71.3 Å². The van der Waals surface area contributed by atoms with Crippen LogP contribution in [0.25, 0.3) is 10.8 Å². The van der Waals surface area contributed by atoms with Crippen molar-refractivity contribution in [3.63, 3.8) is 0 Å². The number of nitrogens with one attached hydrogen (secondary N) is 1. The number of hydrogen-bond donors (Lipinski definition) is 1. The van der Waals surface area contributed by atoms with Crippen LogP contribution in [0.1, 0.15) is 27.4 Å². The normalized spacial score (nSPS) is 10.8. The molecule has 0 saturated heterocycles. The van der Waals surface area contributed by atoms with Gasteiger partial charge in [0.05, 0.1) is 17.8 Å². The van der Waals surface area contributed by atoms with Crippen LogP contribution in [0, 0.1) is 13.8 Å². The lowest BCUT2D eigenvalue weighted by molar-refractivity contribution is 0.0946. The van der Waals surface area contributed by atoms with Crippen molar-refractivity contribution in [1.82, 2.24) is 10.5 Å². The van der Waals surface area contributed by atoms with Gasteiger partial charge in [0.25, 0.3) is 5.91 Å². The predicted molar refractivity (Wildman–Crippen MR) is 119 cm³/mol. The average Bonchev–Trinajstić information content (AvgIpc) is 3.12.